The maximum atomic E-state index is 13.1. The molecule has 1 unspecified atom stereocenters. The minimum absolute atomic E-state index is 0. The molecule has 3 heterocycles. The van der Waals surface area contributed by atoms with Crippen molar-refractivity contribution in [3.63, 3.8) is 0 Å². The number of nitrogens with one attached hydrogen (secondary N) is 1. The fraction of sp³-hybridized carbons (Fsp3) is 0.938. The maximum absolute atomic E-state index is 13.1. The van der Waals surface area contributed by atoms with Gasteiger partial charge in [0.05, 0.1) is 12.0 Å². The third kappa shape index (κ3) is 4.51. The van der Waals surface area contributed by atoms with E-state index in [9.17, 15) is 4.79 Å². The van der Waals surface area contributed by atoms with Crippen LogP contribution in [-0.2, 0) is 9.53 Å². The van der Waals surface area contributed by atoms with E-state index in [0.717, 1.165) is 45.6 Å². The van der Waals surface area contributed by atoms with Crippen LogP contribution in [0.5, 0.6) is 0 Å². The van der Waals surface area contributed by atoms with Gasteiger partial charge in [0.25, 0.3) is 0 Å². The molecule has 3 rings (SSSR count). The van der Waals surface area contributed by atoms with Crippen molar-refractivity contribution >= 4 is 30.7 Å². The van der Waals surface area contributed by atoms with Gasteiger partial charge in [-0.3, -0.25) is 9.69 Å². The number of amides is 1. The molecule has 0 aromatic heterocycles. The van der Waals surface area contributed by atoms with Crippen LogP contribution in [0.15, 0.2) is 0 Å². The van der Waals surface area contributed by atoms with Gasteiger partial charge in [0.15, 0.2) is 0 Å². The lowest BCUT2D eigenvalue weighted by molar-refractivity contribution is -0.151. The zero-order chi connectivity index (χ0) is 14.7. The summed E-state index contributed by atoms with van der Waals surface area (Å²) in [7, 11) is 1.72. The maximum Gasteiger partial charge on any atom is 0.231 e. The van der Waals surface area contributed by atoms with Crippen LogP contribution in [0.3, 0.4) is 0 Å². The lowest BCUT2D eigenvalue weighted by Crippen LogP contribution is -2.60. The van der Waals surface area contributed by atoms with E-state index in [1.54, 1.807) is 7.11 Å². The molecule has 3 saturated heterocycles. The van der Waals surface area contributed by atoms with Crippen molar-refractivity contribution in [3.05, 3.63) is 0 Å². The van der Waals surface area contributed by atoms with Gasteiger partial charge in [0.2, 0.25) is 5.91 Å². The van der Waals surface area contributed by atoms with Gasteiger partial charge >= 0.3 is 0 Å². The molecule has 0 saturated carbocycles. The minimum atomic E-state index is -0.281. The van der Waals surface area contributed by atoms with E-state index in [1.165, 1.54) is 25.8 Å². The van der Waals surface area contributed by atoms with E-state index in [4.69, 9.17) is 4.74 Å². The number of ether oxygens (including phenoxy) is 1. The number of fused-ring (bicyclic) bond motifs is 1. The molecule has 1 amide bonds. The Balaban J connectivity index is 0.00000132. The third-order valence-corrected chi connectivity index (χ3v) is 5.56. The van der Waals surface area contributed by atoms with E-state index >= 15 is 0 Å². The summed E-state index contributed by atoms with van der Waals surface area (Å²) < 4.78 is 5.42. The highest BCUT2D eigenvalue weighted by Crippen LogP contribution is 2.33. The molecule has 0 aromatic carbocycles. The van der Waals surface area contributed by atoms with Crippen LogP contribution in [-0.4, -0.2) is 74.7 Å². The zero-order valence-corrected chi connectivity index (χ0v) is 15.7. The molecule has 3 aliphatic rings. The fourth-order valence-corrected chi connectivity index (χ4v) is 4.28. The third-order valence-electron chi connectivity index (χ3n) is 5.56. The molecule has 3 fully saturated rings. The average molecular weight is 368 g/mol. The molecule has 0 bridgehead atoms. The molecule has 1 N–H and O–H groups in total. The topological polar surface area (TPSA) is 44.8 Å². The second kappa shape index (κ2) is 9.42. The Morgan fingerprint density at radius 2 is 1.91 bits per heavy atom. The molecule has 23 heavy (non-hydrogen) atoms. The Morgan fingerprint density at radius 3 is 2.61 bits per heavy atom. The Morgan fingerprint density at radius 1 is 1.17 bits per heavy atom. The summed E-state index contributed by atoms with van der Waals surface area (Å²) in [6, 6.07) is 0.595. The van der Waals surface area contributed by atoms with Gasteiger partial charge in [-0.15, -0.1) is 24.8 Å². The van der Waals surface area contributed by atoms with Gasteiger partial charge in [-0.25, -0.2) is 0 Å². The molecule has 3 aliphatic heterocycles. The lowest BCUT2D eigenvalue weighted by atomic mass is 9.78. The van der Waals surface area contributed by atoms with Crippen LogP contribution < -0.4 is 5.32 Å². The zero-order valence-electron chi connectivity index (χ0n) is 14.1. The fourth-order valence-electron chi connectivity index (χ4n) is 4.28. The summed E-state index contributed by atoms with van der Waals surface area (Å²) in [6.07, 6.45) is 5.71. The van der Waals surface area contributed by atoms with Crippen molar-refractivity contribution in [3.8, 4) is 0 Å². The number of hydrogen-bond acceptors (Lipinski definition) is 4. The van der Waals surface area contributed by atoms with E-state index < -0.39 is 0 Å². The molecule has 7 heteroatoms. The van der Waals surface area contributed by atoms with E-state index in [1.807, 2.05) is 0 Å². The van der Waals surface area contributed by atoms with E-state index in [-0.39, 0.29) is 30.2 Å². The number of carbonyl (C=O) groups excluding carboxylic acids is 1. The lowest BCUT2D eigenvalue weighted by Gasteiger charge is -2.47. The summed E-state index contributed by atoms with van der Waals surface area (Å²) in [5.74, 6) is 0.344. The van der Waals surface area contributed by atoms with Gasteiger partial charge in [0, 0.05) is 32.8 Å². The number of piperazine rings is 1. The normalized spacial score (nSPS) is 27.3. The monoisotopic (exact) mass is 367 g/mol. The van der Waals surface area contributed by atoms with Gasteiger partial charge in [-0.1, -0.05) is 6.42 Å². The van der Waals surface area contributed by atoms with Crippen LogP contribution in [0.2, 0.25) is 0 Å². The number of methoxy groups -OCH3 is 1. The number of hydrogen-bond donors (Lipinski definition) is 1. The van der Waals surface area contributed by atoms with Gasteiger partial charge in [-0.2, -0.15) is 0 Å². The quantitative estimate of drug-likeness (QED) is 0.821. The van der Waals surface area contributed by atoms with Crippen molar-refractivity contribution in [1.29, 1.82) is 0 Å². The first-order valence-corrected chi connectivity index (χ1v) is 8.48. The molecular formula is C16H31Cl2N3O2. The first kappa shape index (κ1) is 21.0. The minimum Gasteiger partial charge on any atom is -0.384 e. The molecule has 0 radical (unpaired) electrons. The Hall–Kier alpha value is -0.0700. The molecule has 0 spiro atoms. The van der Waals surface area contributed by atoms with Gasteiger partial charge < -0.3 is 15.0 Å². The second-order valence-corrected chi connectivity index (χ2v) is 6.90. The van der Waals surface area contributed by atoms with Crippen LogP contribution >= 0.6 is 24.8 Å². The van der Waals surface area contributed by atoms with Crippen LogP contribution in [0.4, 0.5) is 0 Å². The first-order valence-electron chi connectivity index (χ1n) is 8.48. The van der Waals surface area contributed by atoms with Crippen molar-refractivity contribution in [1.82, 2.24) is 15.1 Å². The summed E-state index contributed by atoms with van der Waals surface area (Å²) in [5, 5.41) is 3.37. The molecular weight excluding hydrogens is 337 g/mol. The van der Waals surface area contributed by atoms with Gasteiger partial charge in [-0.05, 0) is 45.3 Å². The smallest absolute Gasteiger partial charge is 0.231 e. The van der Waals surface area contributed by atoms with Crippen LogP contribution in [0.1, 0.15) is 32.1 Å². The molecule has 0 aliphatic carbocycles. The van der Waals surface area contributed by atoms with E-state index in [0.29, 0.717) is 18.6 Å². The number of nitrogens with zero attached hydrogens (tertiary/aromatic N) is 2. The highest BCUT2D eigenvalue weighted by Gasteiger charge is 2.44. The summed E-state index contributed by atoms with van der Waals surface area (Å²) in [6.45, 7) is 6.53. The predicted octanol–water partition coefficient (Wildman–Crippen LogP) is 1.54. The van der Waals surface area contributed by atoms with Crippen molar-refractivity contribution in [2.24, 2.45) is 5.41 Å². The van der Waals surface area contributed by atoms with Crippen molar-refractivity contribution in [2.75, 3.05) is 53.0 Å². The number of rotatable bonds is 3. The van der Waals surface area contributed by atoms with Crippen molar-refractivity contribution < 1.29 is 9.53 Å². The largest absolute Gasteiger partial charge is 0.384 e. The summed E-state index contributed by atoms with van der Waals surface area (Å²) >= 11 is 0. The van der Waals surface area contributed by atoms with Crippen LogP contribution in [0, 0.1) is 5.41 Å². The molecule has 1 atom stereocenters. The Bertz CT molecular complexity index is 373. The first-order chi connectivity index (χ1) is 10.2. The highest BCUT2D eigenvalue weighted by molar-refractivity contribution is 5.85. The Kier molecular flexibility index (Phi) is 8.59. The number of halogens is 2. The van der Waals surface area contributed by atoms with Crippen LogP contribution in [0.25, 0.3) is 0 Å². The number of piperidine rings is 2. The molecule has 136 valence electrons. The molecule has 5 nitrogen and oxygen atoms in total. The summed E-state index contributed by atoms with van der Waals surface area (Å²) in [5.41, 5.74) is -0.281. The Labute approximate surface area is 152 Å². The van der Waals surface area contributed by atoms with Crippen molar-refractivity contribution in [2.45, 2.75) is 38.1 Å². The average Bonchev–Trinajstić information content (AvgIpc) is 2.55. The van der Waals surface area contributed by atoms with E-state index in [2.05, 4.69) is 15.1 Å². The molecule has 0 aromatic rings. The predicted molar refractivity (Wildman–Crippen MR) is 96.7 cm³/mol. The van der Waals surface area contributed by atoms with Gasteiger partial charge in [0.1, 0.15) is 0 Å². The second-order valence-electron chi connectivity index (χ2n) is 6.90. The standard InChI is InChI=1S/C16H29N3O2.2ClH/c1-21-13-16(5-7-17-8-6-16)15(20)19-11-10-18-9-3-2-4-14(18)12-19;;/h14,17H,2-13H2,1H3;2*1H. The highest BCUT2D eigenvalue weighted by atomic mass is 35.5. The SMILES string of the molecule is COCC1(C(=O)N2CCN3CCCCC3C2)CCNCC1.Cl.Cl. The summed E-state index contributed by atoms with van der Waals surface area (Å²) in [4.78, 5) is 17.9. The number of carbonyl (C=O) groups is 1.